The van der Waals surface area contributed by atoms with E-state index >= 15 is 0 Å². The molecule has 3 N–H and O–H groups in total. The topological polar surface area (TPSA) is 83.6 Å². The van der Waals surface area contributed by atoms with Gasteiger partial charge in [0.05, 0.1) is 10.6 Å². The van der Waals surface area contributed by atoms with Gasteiger partial charge in [-0.3, -0.25) is 9.59 Å². The van der Waals surface area contributed by atoms with E-state index in [2.05, 4.69) is 4.90 Å². The van der Waals surface area contributed by atoms with E-state index in [1.54, 1.807) is 12.1 Å². The van der Waals surface area contributed by atoms with Gasteiger partial charge in [0.2, 0.25) is 5.91 Å². The summed E-state index contributed by atoms with van der Waals surface area (Å²) in [5.41, 5.74) is 6.47. The fourth-order valence-corrected chi connectivity index (χ4v) is 2.80. The number of hydrogen-bond acceptors (Lipinski definition) is 3. The summed E-state index contributed by atoms with van der Waals surface area (Å²) in [5, 5.41) is 9.05. The second kappa shape index (κ2) is 6.13. The van der Waals surface area contributed by atoms with E-state index in [-0.39, 0.29) is 6.42 Å². The lowest BCUT2D eigenvalue weighted by atomic mass is 10.0. The van der Waals surface area contributed by atoms with Crippen molar-refractivity contribution in [3.05, 3.63) is 28.8 Å². The number of primary amides is 1. The summed E-state index contributed by atoms with van der Waals surface area (Å²) in [6, 6.07) is 5.19. The van der Waals surface area contributed by atoms with Gasteiger partial charge in [-0.05, 0) is 37.0 Å². The lowest BCUT2D eigenvalue weighted by Crippen LogP contribution is -2.20. The zero-order chi connectivity index (χ0) is 14.7. The molecule has 0 aromatic heterocycles. The van der Waals surface area contributed by atoms with Crippen LogP contribution in [0.15, 0.2) is 18.2 Å². The molecule has 1 amide bonds. The normalized spacial score (nSPS) is 18.2. The SMILES string of the molecule is NC(=O)c1ccc(N2CCC(CCC(=O)O)C2)cc1Cl. The molecular weight excluding hydrogens is 280 g/mol. The molecule has 0 saturated carbocycles. The Morgan fingerprint density at radius 1 is 1.45 bits per heavy atom. The molecule has 0 radical (unpaired) electrons. The summed E-state index contributed by atoms with van der Waals surface area (Å²) < 4.78 is 0. The van der Waals surface area contributed by atoms with Crippen molar-refractivity contribution in [3.8, 4) is 0 Å². The minimum absolute atomic E-state index is 0.208. The lowest BCUT2D eigenvalue weighted by molar-refractivity contribution is -0.137. The molecule has 6 heteroatoms. The zero-order valence-corrected chi connectivity index (χ0v) is 11.8. The highest BCUT2D eigenvalue weighted by molar-refractivity contribution is 6.34. The Morgan fingerprint density at radius 3 is 2.80 bits per heavy atom. The third-order valence-electron chi connectivity index (χ3n) is 3.64. The predicted octanol–water partition coefficient (Wildman–Crippen LogP) is 2.13. The van der Waals surface area contributed by atoms with Crippen LogP contribution in [-0.4, -0.2) is 30.1 Å². The van der Waals surface area contributed by atoms with Crippen molar-refractivity contribution in [2.75, 3.05) is 18.0 Å². The van der Waals surface area contributed by atoms with Crippen LogP contribution in [0.2, 0.25) is 5.02 Å². The number of nitrogens with two attached hydrogens (primary N) is 1. The Labute approximate surface area is 122 Å². The molecular formula is C14H17ClN2O3. The van der Waals surface area contributed by atoms with E-state index in [0.29, 0.717) is 22.9 Å². The maximum atomic E-state index is 11.1. The van der Waals surface area contributed by atoms with Crippen molar-refractivity contribution >= 4 is 29.2 Å². The lowest BCUT2D eigenvalue weighted by Gasteiger charge is -2.19. The maximum absolute atomic E-state index is 11.1. The quantitative estimate of drug-likeness (QED) is 0.872. The highest BCUT2D eigenvalue weighted by Crippen LogP contribution is 2.29. The van der Waals surface area contributed by atoms with E-state index in [4.69, 9.17) is 22.4 Å². The van der Waals surface area contributed by atoms with Crippen molar-refractivity contribution in [1.29, 1.82) is 0 Å². The minimum Gasteiger partial charge on any atom is -0.481 e. The first-order chi connectivity index (χ1) is 9.47. The van der Waals surface area contributed by atoms with Gasteiger partial charge < -0.3 is 15.7 Å². The molecule has 20 heavy (non-hydrogen) atoms. The molecule has 1 aromatic rings. The van der Waals surface area contributed by atoms with Crippen LogP contribution in [0.4, 0.5) is 5.69 Å². The average molecular weight is 297 g/mol. The molecule has 1 heterocycles. The van der Waals surface area contributed by atoms with E-state index in [1.807, 2.05) is 6.07 Å². The Bertz CT molecular complexity index is 533. The van der Waals surface area contributed by atoms with E-state index in [9.17, 15) is 9.59 Å². The number of rotatable bonds is 5. The third kappa shape index (κ3) is 3.42. The minimum atomic E-state index is -0.752. The third-order valence-corrected chi connectivity index (χ3v) is 3.95. The Morgan fingerprint density at radius 2 is 2.20 bits per heavy atom. The highest BCUT2D eigenvalue weighted by atomic mass is 35.5. The molecule has 1 aliphatic heterocycles. The molecule has 0 spiro atoms. The largest absolute Gasteiger partial charge is 0.481 e. The van der Waals surface area contributed by atoms with Gasteiger partial charge in [0.1, 0.15) is 0 Å². The van der Waals surface area contributed by atoms with Gasteiger partial charge in [0.25, 0.3) is 0 Å². The van der Waals surface area contributed by atoms with Gasteiger partial charge in [0, 0.05) is 25.2 Å². The average Bonchev–Trinajstić information content (AvgIpc) is 2.84. The number of carbonyl (C=O) groups is 2. The molecule has 1 saturated heterocycles. The predicted molar refractivity (Wildman–Crippen MR) is 77.2 cm³/mol. The monoisotopic (exact) mass is 296 g/mol. The van der Waals surface area contributed by atoms with E-state index in [0.717, 1.165) is 25.2 Å². The molecule has 1 fully saturated rings. The molecule has 1 aliphatic rings. The molecule has 0 aliphatic carbocycles. The first kappa shape index (κ1) is 14.7. The first-order valence-electron chi connectivity index (χ1n) is 6.53. The first-order valence-corrected chi connectivity index (χ1v) is 6.91. The van der Waals surface area contributed by atoms with Crippen LogP contribution in [0.1, 0.15) is 29.6 Å². The Hall–Kier alpha value is -1.75. The zero-order valence-electron chi connectivity index (χ0n) is 11.0. The summed E-state index contributed by atoms with van der Waals surface area (Å²) in [6.07, 6.45) is 1.88. The Balaban J connectivity index is 2.01. The molecule has 1 aromatic carbocycles. The fourth-order valence-electron chi connectivity index (χ4n) is 2.53. The van der Waals surface area contributed by atoms with Gasteiger partial charge >= 0.3 is 5.97 Å². The van der Waals surface area contributed by atoms with Gasteiger partial charge in [-0.25, -0.2) is 0 Å². The summed E-state index contributed by atoms with van der Waals surface area (Å²) >= 11 is 6.04. The van der Waals surface area contributed by atoms with Crippen LogP contribution < -0.4 is 10.6 Å². The van der Waals surface area contributed by atoms with Crippen LogP contribution in [0.25, 0.3) is 0 Å². The van der Waals surface area contributed by atoms with E-state index < -0.39 is 11.9 Å². The van der Waals surface area contributed by atoms with Gasteiger partial charge in [-0.2, -0.15) is 0 Å². The van der Waals surface area contributed by atoms with Crippen LogP contribution in [0, 0.1) is 5.92 Å². The second-order valence-corrected chi connectivity index (χ2v) is 5.47. The molecule has 5 nitrogen and oxygen atoms in total. The van der Waals surface area contributed by atoms with E-state index in [1.165, 1.54) is 0 Å². The number of amides is 1. The van der Waals surface area contributed by atoms with Crippen molar-refractivity contribution in [1.82, 2.24) is 0 Å². The molecule has 2 rings (SSSR count). The fraction of sp³-hybridized carbons (Fsp3) is 0.429. The van der Waals surface area contributed by atoms with Crippen LogP contribution in [0.5, 0.6) is 0 Å². The second-order valence-electron chi connectivity index (χ2n) is 5.06. The van der Waals surface area contributed by atoms with Gasteiger partial charge in [-0.15, -0.1) is 0 Å². The number of nitrogens with zero attached hydrogens (tertiary/aromatic N) is 1. The molecule has 0 bridgehead atoms. The summed E-state index contributed by atoms with van der Waals surface area (Å²) in [7, 11) is 0. The van der Waals surface area contributed by atoms with Gasteiger partial charge in [0.15, 0.2) is 0 Å². The number of carbonyl (C=O) groups excluding carboxylic acids is 1. The number of aliphatic carboxylic acids is 1. The van der Waals surface area contributed by atoms with Crippen LogP contribution in [0.3, 0.4) is 0 Å². The number of carboxylic acid groups (broad SMARTS) is 1. The number of halogens is 1. The van der Waals surface area contributed by atoms with Crippen LogP contribution in [-0.2, 0) is 4.79 Å². The molecule has 108 valence electrons. The summed E-state index contributed by atoms with van der Waals surface area (Å²) in [5.74, 6) is -0.902. The summed E-state index contributed by atoms with van der Waals surface area (Å²) in [6.45, 7) is 1.69. The van der Waals surface area contributed by atoms with Crippen LogP contribution >= 0.6 is 11.6 Å². The van der Waals surface area contributed by atoms with Gasteiger partial charge in [-0.1, -0.05) is 11.6 Å². The maximum Gasteiger partial charge on any atom is 0.303 e. The number of carboxylic acids is 1. The van der Waals surface area contributed by atoms with Crippen molar-refractivity contribution < 1.29 is 14.7 Å². The highest BCUT2D eigenvalue weighted by Gasteiger charge is 2.23. The smallest absolute Gasteiger partial charge is 0.303 e. The Kier molecular flexibility index (Phi) is 4.49. The van der Waals surface area contributed by atoms with Crippen molar-refractivity contribution in [2.24, 2.45) is 11.7 Å². The van der Waals surface area contributed by atoms with Crippen molar-refractivity contribution in [3.63, 3.8) is 0 Å². The number of hydrogen-bond donors (Lipinski definition) is 2. The molecule has 1 unspecified atom stereocenters. The summed E-state index contributed by atoms with van der Waals surface area (Å²) in [4.78, 5) is 23.9. The standard InChI is InChI=1S/C14H17ClN2O3/c15-12-7-10(2-3-11(12)14(16)20)17-6-5-9(8-17)1-4-13(18)19/h2-3,7,9H,1,4-6,8H2,(H2,16,20)(H,18,19). The molecule has 1 atom stereocenters. The number of anilines is 1. The van der Waals surface area contributed by atoms with Crippen molar-refractivity contribution in [2.45, 2.75) is 19.3 Å². The number of benzene rings is 1.